The quantitative estimate of drug-likeness (QED) is 0.751. The molecule has 18 heavy (non-hydrogen) atoms. The molecule has 2 N–H and O–H groups in total. The summed E-state index contributed by atoms with van der Waals surface area (Å²) in [5.41, 5.74) is 7.57. The molecule has 2 nitrogen and oxygen atoms in total. The molecular weight excluding hydrogens is 222 g/mol. The number of fused-ring (bicyclic) bond motifs is 1. The minimum atomic E-state index is 0.0220. The Balaban J connectivity index is 1.86. The largest absolute Gasteiger partial charge is 0.487 e. The lowest BCUT2D eigenvalue weighted by molar-refractivity contribution is 0.0113. The van der Waals surface area contributed by atoms with Crippen molar-refractivity contribution in [2.24, 2.45) is 5.73 Å². The highest BCUT2D eigenvalue weighted by molar-refractivity contribution is 5.38. The van der Waals surface area contributed by atoms with Crippen LogP contribution < -0.4 is 10.5 Å². The molecule has 0 unspecified atom stereocenters. The molecule has 1 fully saturated rings. The van der Waals surface area contributed by atoms with E-state index in [0.29, 0.717) is 0 Å². The third-order valence-electron chi connectivity index (χ3n) is 4.50. The lowest BCUT2D eigenvalue weighted by Gasteiger charge is -2.42. The zero-order valence-electron chi connectivity index (χ0n) is 11.0. The van der Waals surface area contributed by atoms with Crippen molar-refractivity contribution in [3.63, 3.8) is 0 Å². The van der Waals surface area contributed by atoms with Gasteiger partial charge in [0, 0.05) is 18.0 Å². The summed E-state index contributed by atoms with van der Waals surface area (Å²) < 4.78 is 6.39. The van der Waals surface area contributed by atoms with Crippen LogP contribution in [-0.2, 0) is 0 Å². The monoisotopic (exact) mass is 245 g/mol. The van der Waals surface area contributed by atoms with Crippen LogP contribution in [0.15, 0.2) is 24.3 Å². The van der Waals surface area contributed by atoms with Gasteiger partial charge in [0.1, 0.15) is 11.4 Å². The van der Waals surface area contributed by atoms with Crippen molar-refractivity contribution >= 4 is 0 Å². The van der Waals surface area contributed by atoms with Crippen molar-refractivity contribution in [3.8, 4) is 5.75 Å². The predicted molar refractivity (Wildman–Crippen MR) is 73.7 cm³/mol. The summed E-state index contributed by atoms with van der Waals surface area (Å²) in [6, 6.07) is 8.44. The van der Waals surface area contributed by atoms with Crippen LogP contribution in [0.3, 0.4) is 0 Å². The summed E-state index contributed by atoms with van der Waals surface area (Å²) in [6.07, 6.45) is 10.0. The van der Waals surface area contributed by atoms with Gasteiger partial charge in [-0.2, -0.15) is 0 Å². The van der Waals surface area contributed by atoms with Gasteiger partial charge in [0.25, 0.3) is 0 Å². The molecule has 1 aliphatic carbocycles. The average molecular weight is 245 g/mol. The second-order valence-electron chi connectivity index (χ2n) is 5.90. The van der Waals surface area contributed by atoms with Crippen molar-refractivity contribution in [1.82, 2.24) is 0 Å². The van der Waals surface area contributed by atoms with Crippen LogP contribution in [0.1, 0.15) is 63.0 Å². The van der Waals surface area contributed by atoms with E-state index in [1.165, 1.54) is 50.5 Å². The van der Waals surface area contributed by atoms with E-state index in [2.05, 4.69) is 18.2 Å². The fraction of sp³-hybridized carbons (Fsp3) is 0.625. The number of rotatable bonds is 0. The number of para-hydroxylation sites is 1. The molecule has 0 amide bonds. The topological polar surface area (TPSA) is 35.2 Å². The summed E-state index contributed by atoms with van der Waals surface area (Å²) in [5, 5.41) is 0. The zero-order chi connectivity index (χ0) is 12.4. The highest BCUT2D eigenvalue weighted by Crippen LogP contribution is 2.43. The molecule has 1 aromatic carbocycles. The zero-order valence-corrected chi connectivity index (χ0v) is 11.0. The van der Waals surface area contributed by atoms with Gasteiger partial charge in [0.05, 0.1) is 0 Å². The second-order valence-corrected chi connectivity index (χ2v) is 5.90. The van der Waals surface area contributed by atoms with Gasteiger partial charge in [0.2, 0.25) is 0 Å². The molecule has 0 bridgehead atoms. The van der Waals surface area contributed by atoms with E-state index in [1.54, 1.807) is 0 Å². The first-order chi connectivity index (χ1) is 8.79. The average Bonchev–Trinajstić information content (AvgIpc) is 2.35. The van der Waals surface area contributed by atoms with Gasteiger partial charge in [-0.1, -0.05) is 37.5 Å². The number of nitrogens with two attached hydrogens (primary N) is 1. The summed E-state index contributed by atoms with van der Waals surface area (Å²) in [5.74, 6) is 1.02. The van der Waals surface area contributed by atoms with Crippen LogP contribution in [0.4, 0.5) is 0 Å². The van der Waals surface area contributed by atoms with Crippen molar-refractivity contribution in [2.45, 2.75) is 63.0 Å². The summed E-state index contributed by atoms with van der Waals surface area (Å²) in [7, 11) is 0. The van der Waals surface area contributed by atoms with Gasteiger partial charge in [-0.15, -0.1) is 0 Å². The molecule has 1 spiro atoms. The summed E-state index contributed by atoms with van der Waals surface area (Å²) in [4.78, 5) is 0. The van der Waals surface area contributed by atoms with E-state index in [9.17, 15) is 0 Å². The van der Waals surface area contributed by atoms with E-state index in [1.807, 2.05) is 6.07 Å². The van der Waals surface area contributed by atoms with Crippen molar-refractivity contribution in [1.29, 1.82) is 0 Å². The Hall–Kier alpha value is -1.02. The summed E-state index contributed by atoms with van der Waals surface area (Å²) in [6.45, 7) is 0. The van der Waals surface area contributed by atoms with E-state index in [-0.39, 0.29) is 11.6 Å². The fourth-order valence-corrected chi connectivity index (χ4v) is 3.52. The lowest BCUT2D eigenvalue weighted by atomic mass is 9.79. The van der Waals surface area contributed by atoms with Gasteiger partial charge in [0.15, 0.2) is 0 Å². The minimum absolute atomic E-state index is 0.0220. The second kappa shape index (κ2) is 4.93. The highest BCUT2D eigenvalue weighted by atomic mass is 16.5. The van der Waals surface area contributed by atoms with E-state index < -0.39 is 0 Å². The van der Waals surface area contributed by atoms with Crippen LogP contribution >= 0.6 is 0 Å². The van der Waals surface area contributed by atoms with Crippen LogP contribution in [-0.4, -0.2) is 5.60 Å². The molecule has 98 valence electrons. The third kappa shape index (κ3) is 2.26. The maximum atomic E-state index is 6.39. The molecule has 1 aliphatic heterocycles. The smallest absolute Gasteiger partial charge is 0.124 e. The standard InChI is InChI=1S/C16H23NO/c17-14-12-16(10-6-2-1-3-7-11-16)18-15-9-5-4-8-13(14)15/h4-5,8-9,14H,1-3,6-7,10-12,17H2/t14-/m1/s1. The molecule has 3 rings (SSSR count). The molecule has 0 radical (unpaired) electrons. The SMILES string of the molecule is N[C@@H]1CC2(CCCCCCC2)Oc2ccccc21. The van der Waals surface area contributed by atoms with Crippen LogP contribution in [0.25, 0.3) is 0 Å². The van der Waals surface area contributed by atoms with Crippen LogP contribution in [0.5, 0.6) is 5.75 Å². The Morgan fingerprint density at radius 3 is 2.44 bits per heavy atom. The van der Waals surface area contributed by atoms with Gasteiger partial charge in [-0.25, -0.2) is 0 Å². The van der Waals surface area contributed by atoms with E-state index in [4.69, 9.17) is 10.5 Å². The molecular formula is C16H23NO. The molecule has 1 heterocycles. The molecule has 2 aliphatic rings. The van der Waals surface area contributed by atoms with Gasteiger partial charge in [-0.05, 0) is 31.7 Å². The predicted octanol–water partition coefficient (Wildman–Crippen LogP) is 3.95. The first-order valence-corrected chi connectivity index (χ1v) is 7.33. The molecule has 1 saturated carbocycles. The molecule has 1 atom stereocenters. The first kappa shape index (κ1) is 12.0. The van der Waals surface area contributed by atoms with E-state index >= 15 is 0 Å². The number of hydrogen-bond donors (Lipinski definition) is 1. The molecule has 0 saturated heterocycles. The number of hydrogen-bond acceptors (Lipinski definition) is 2. The van der Waals surface area contributed by atoms with Crippen molar-refractivity contribution < 1.29 is 4.74 Å². The molecule has 1 aromatic rings. The first-order valence-electron chi connectivity index (χ1n) is 7.33. The number of ether oxygens (including phenoxy) is 1. The fourth-order valence-electron chi connectivity index (χ4n) is 3.52. The van der Waals surface area contributed by atoms with Crippen molar-refractivity contribution in [3.05, 3.63) is 29.8 Å². The Labute approximate surface area is 110 Å². The lowest BCUT2D eigenvalue weighted by Crippen LogP contribution is -2.43. The van der Waals surface area contributed by atoms with E-state index in [0.717, 1.165) is 12.2 Å². The Morgan fingerprint density at radius 2 is 1.67 bits per heavy atom. The number of benzene rings is 1. The normalized spacial score (nSPS) is 26.8. The maximum absolute atomic E-state index is 6.39. The summed E-state index contributed by atoms with van der Waals surface area (Å²) >= 11 is 0. The van der Waals surface area contributed by atoms with Gasteiger partial charge >= 0.3 is 0 Å². The van der Waals surface area contributed by atoms with Gasteiger partial charge in [-0.3, -0.25) is 0 Å². The molecule has 0 aromatic heterocycles. The maximum Gasteiger partial charge on any atom is 0.124 e. The Bertz CT molecular complexity index is 407. The molecule has 2 heteroatoms. The minimum Gasteiger partial charge on any atom is -0.487 e. The van der Waals surface area contributed by atoms with Gasteiger partial charge < -0.3 is 10.5 Å². The third-order valence-corrected chi connectivity index (χ3v) is 4.50. The Kier molecular flexibility index (Phi) is 3.29. The highest BCUT2D eigenvalue weighted by Gasteiger charge is 2.39. The van der Waals surface area contributed by atoms with Crippen molar-refractivity contribution in [2.75, 3.05) is 0 Å². The van der Waals surface area contributed by atoms with Crippen LogP contribution in [0.2, 0.25) is 0 Å². The Morgan fingerprint density at radius 1 is 1.00 bits per heavy atom. The van der Waals surface area contributed by atoms with Crippen LogP contribution in [0, 0.1) is 0 Å².